The summed E-state index contributed by atoms with van der Waals surface area (Å²) in [6.45, 7) is 0.422. The molecule has 1 aromatic heterocycles. The van der Waals surface area contributed by atoms with Gasteiger partial charge in [-0.25, -0.2) is 14.2 Å². The van der Waals surface area contributed by atoms with E-state index in [-0.39, 0.29) is 30.4 Å². The SMILES string of the molecule is O=C(O)c1cccc(CC2COc3ccc(OCc4nc5cc(F)ccc5s4)cc3C2=O)c1. The summed E-state index contributed by atoms with van der Waals surface area (Å²) in [5.41, 5.74) is 1.97. The number of Topliss-reactive ketones (excluding diaryl/α,β-unsaturated/α-hetero) is 1. The number of aromatic carboxylic acids is 1. The molecule has 0 aliphatic carbocycles. The third-order valence-electron chi connectivity index (χ3n) is 5.44. The minimum absolute atomic E-state index is 0.0714. The van der Waals surface area contributed by atoms with E-state index in [0.29, 0.717) is 34.0 Å². The lowest BCUT2D eigenvalue weighted by molar-refractivity contribution is 0.0696. The van der Waals surface area contributed by atoms with Crippen LogP contribution < -0.4 is 9.47 Å². The van der Waals surface area contributed by atoms with Gasteiger partial charge in [0.15, 0.2) is 5.78 Å². The van der Waals surface area contributed by atoms with Crippen LogP contribution in [0.1, 0.15) is 31.3 Å². The van der Waals surface area contributed by atoms with Crippen LogP contribution in [0.4, 0.5) is 4.39 Å². The van der Waals surface area contributed by atoms with Crippen LogP contribution in [-0.2, 0) is 13.0 Å². The molecule has 5 rings (SSSR count). The van der Waals surface area contributed by atoms with Crippen molar-refractivity contribution in [3.05, 3.63) is 88.2 Å². The largest absolute Gasteiger partial charge is 0.492 e. The Hall–Kier alpha value is -3.78. The molecule has 3 aromatic carbocycles. The Balaban J connectivity index is 1.30. The molecule has 0 amide bonds. The van der Waals surface area contributed by atoms with Crippen molar-refractivity contribution in [1.29, 1.82) is 0 Å². The molecule has 33 heavy (non-hydrogen) atoms. The molecular formula is C25H18FNO5S. The summed E-state index contributed by atoms with van der Waals surface area (Å²) >= 11 is 1.42. The van der Waals surface area contributed by atoms with Crippen molar-refractivity contribution in [2.24, 2.45) is 5.92 Å². The van der Waals surface area contributed by atoms with Gasteiger partial charge >= 0.3 is 5.97 Å². The van der Waals surface area contributed by atoms with Gasteiger partial charge in [0.25, 0.3) is 0 Å². The summed E-state index contributed by atoms with van der Waals surface area (Å²) in [6.07, 6.45) is 0.382. The first kappa shape index (κ1) is 21.1. The molecular weight excluding hydrogens is 445 g/mol. The van der Waals surface area contributed by atoms with Gasteiger partial charge in [0.1, 0.15) is 28.9 Å². The first-order chi connectivity index (χ1) is 16.0. The van der Waals surface area contributed by atoms with Crippen LogP contribution in [0, 0.1) is 11.7 Å². The fourth-order valence-corrected chi connectivity index (χ4v) is 4.69. The molecule has 2 heterocycles. The second kappa shape index (κ2) is 8.63. The molecule has 0 saturated carbocycles. The highest BCUT2D eigenvalue weighted by atomic mass is 32.1. The third-order valence-corrected chi connectivity index (χ3v) is 6.45. The number of fused-ring (bicyclic) bond motifs is 2. The first-order valence-corrected chi connectivity index (χ1v) is 11.1. The van der Waals surface area contributed by atoms with Gasteiger partial charge in [-0.15, -0.1) is 11.3 Å². The molecule has 1 aliphatic heterocycles. The van der Waals surface area contributed by atoms with Crippen molar-refractivity contribution in [3.8, 4) is 11.5 Å². The van der Waals surface area contributed by atoms with Crippen molar-refractivity contribution in [1.82, 2.24) is 4.98 Å². The number of hydrogen-bond acceptors (Lipinski definition) is 6. The van der Waals surface area contributed by atoms with Crippen LogP contribution in [0.2, 0.25) is 0 Å². The fourth-order valence-electron chi connectivity index (χ4n) is 3.83. The van der Waals surface area contributed by atoms with Gasteiger partial charge in [-0.05, 0) is 54.4 Å². The molecule has 8 heteroatoms. The average Bonchev–Trinajstić information content (AvgIpc) is 3.22. The topological polar surface area (TPSA) is 85.7 Å². The van der Waals surface area contributed by atoms with Crippen molar-refractivity contribution in [2.75, 3.05) is 6.61 Å². The third kappa shape index (κ3) is 4.42. The minimum Gasteiger partial charge on any atom is -0.492 e. The molecule has 0 spiro atoms. The highest BCUT2D eigenvalue weighted by molar-refractivity contribution is 7.18. The lowest BCUT2D eigenvalue weighted by Crippen LogP contribution is -2.29. The predicted octanol–water partition coefficient (Wildman–Crippen LogP) is 5.15. The highest BCUT2D eigenvalue weighted by Crippen LogP contribution is 2.33. The monoisotopic (exact) mass is 463 g/mol. The Morgan fingerprint density at radius 3 is 2.91 bits per heavy atom. The number of hydrogen-bond donors (Lipinski definition) is 1. The molecule has 0 radical (unpaired) electrons. The number of ketones is 1. The van der Waals surface area contributed by atoms with E-state index >= 15 is 0 Å². The predicted molar refractivity (Wildman–Crippen MR) is 121 cm³/mol. The lowest BCUT2D eigenvalue weighted by atomic mass is 9.89. The maximum atomic E-state index is 13.4. The summed E-state index contributed by atoms with van der Waals surface area (Å²) in [4.78, 5) is 28.7. The molecule has 0 bridgehead atoms. The number of carbonyl (C=O) groups excluding carboxylic acids is 1. The Kier molecular flexibility index (Phi) is 5.51. The smallest absolute Gasteiger partial charge is 0.335 e. The molecule has 4 aromatic rings. The Morgan fingerprint density at radius 2 is 2.06 bits per heavy atom. The second-order valence-electron chi connectivity index (χ2n) is 7.75. The molecule has 1 unspecified atom stereocenters. The Bertz CT molecular complexity index is 1380. The van der Waals surface area contributed by atoms with Crippen molar-refractivity contribution >= 4 is 33.3 Å². The second-order valence-corrected chi connectivity index (χ2v) is 8.86. The number of thiazole rings is 1. The van der Waals surface area contributed by atoms with E-state index in [1.165, 1.54) is 29.5 Å². The zero-order valence-corrected chi connectivity index (χ0v) is 18.1. The number of ether oxygens (including phenoxy) is 2. The van der Waals surface area contributed by atoms with E-state index in [1.54, 1.807) is 42.5 Å². The number of carboxylic acids is 1. The van der Waals surface area contributed by atoms with Crippen LogP contribution in [0.5, 0.6) is 11.5 Å². The first-order valence-electron chi connectivity index (χ1n) is 10.3. The van der Waals surface area contributed by atoms with Gasteiger partial charge in [-0.2, -0.15) is 0 Å². The number of halogens is 1. The summed E-state index contributed by atoms with van der Waals surface area (Å²) < 4.78 is 25.9. The van der Waals surface area contributed by atoms with Crippen LogP contribution in [0.15, 0.2) is 60.7 Å². The van der Waals surface area contributed by atoms with Crippen molar-refractivity contribution in [2.45, 2.75) is 13.0 Å². The molecule has 0 fully saturated rings. The number of carboxylic acid groups (broad SMARTS) is 1. The van der Waals surface area contributed by atoms with Gasteiger partial charge in [0.05, 0.1) is 33.9 Å². The number of aromatic nitrogens is 1. The maximum absolute atomic E-state index is 13.4. The van der Waals surface area contributed by atoms with Gasteiger partial charge in [0.2, 0.25) is 0 Å². The van der Waals surface area contributed by atoms with Gasteiger partial charge in [-0.1, -0.05) is 12.1 Å². The lowest BCUT2D eigenvalue weighted by Gasteiger charge is -2.24. The summed E-state index contributed by atoms with van der Waals surface area (Å²) in [7, 11) is 0. The molecule has 1 aliphatic rings. The number of rotatable bonds is 6. The van der Waals surface area contributed by atoms with E-state index in [0.717, 1.165) is 10.3 Å². The van der Waals surface area contributed by atoms with Gasteiger partial charge < -0.3 is 14.6 Å². The number of benzene rings is 3. The standard InChI is InChI=1S/C25H18FNO5S/c26-17-4-7-22-20(10-17)27-23(33-22)13-31-18-5-6-21-19(11-18)24(28)16(12-32-21)9-14-2-1-3-15(8-14)25(29)30/h1-8,10-11,16H,9,12-13H2,(H,29,30). The quantitative estimate of drug-likeness (QED) is 0.426. The van der Waals surface area contributed by atoms with Crippen LogP contribution in [-0.4, -0.2) is 28.4 Å². The Morgan fingerprint density at radius 1 is 1.18 bits per heavy atom. The minimum atomic E-state index is -1.01. The van der Waals surface area contributed by atoms with Crippen molar-refractivity contribution < 1.29 is 28.6 Å². The summed E-state index contributed by atoms with van der Waals surface area (Å²) in [6, 6.07) is 16.1. The number of nitrogens with zero attached hydrogens (tertiary/aromatic N) is 1. The molecule has 1 atom stereocenters. The van der Waals surface area contributed by atoms with E-state index in [4.69, 9.17) is 9.47 Å². The van der Waals surface area contributed by atoms with Crippen LogP contribution in [0.3, 0.4) is 0 Å². The normalized spacial score (nSPS) is 15.2. The highest BCUT2D eigenvalue weighted by Gasteiger charge is 2.29. The zero-order chi connectivity index (χ0) is 22.9. The van der Waals surface area contributed by atoms with Gasteiger partial charge in [-0.3, -0.25) is 4.79 Å². The van der Waals surface area contributed by atoms with Crippen LogP contribution >= 0.6 is 11.3 Å². The van der Waals surface area contributed by atoms with E-state index in [2.05, 4.69) is 4.98 Å². The van der Waals surface area contributed by atoms with E-state index in [9.17, 15) is 19.1 Å². The fraction of sp³-hybridized carbons (Fsp3) is 0.160. The van der Waals surface area contributed by atoms with Gasteiger partial charge in [0, 0.05) is 6.07 Å². The molecule has 0 saturated heterocycles. The molecule has 6 nitrogen and oxygen atoms in total. The average molecular weight is 463 g/mol. The molecule has 166 valence electrons. The maximum Gasteiger partial charge on any atom is 0.335 e. The number of carbonyl (C=O) groups is 2. The van der Waals surface area contributed by atoms with Crippen molar-refractivity contribution in [3.63, 3.8) is 0 Å². The molecule has 1 N–H and O–H groups in total. The van der Waals surface area contributed by atoms with Crippen LogP contribution in [0.25, 0.3) is 10.2 Å². The zero-order valence-electron chi connectivity index (χ0n) is 17.3. The summed E-state index contributed by atoms with van der Waals surface area (Å²) in [5.74, 6) is -0.831. The van der Waals surface area contributed by atoms with E-state index < -0.39 is 11.9 Å². The Labute approximate surface area is 192 Å². The summed E-state index contributed by atoms with van der Waals surface area (Å²) in [5, 5.41) is 9.89. The van der Waals surface area contributed by atoms with E-state index in [1.807, 2.05) is 0 Å².